The Hall–Kier alpha value is -1.62. The molecule has 1 rings (SSSR count). The van der Waals surface area contributed by atoms with Gasteiger partial charge in [0.1, 0.15) is 5.75 Å². The first-order valence-electron chi connectivity index (χ1n) is 7.04. The van der Waals surface area contributed by atoms with E-state index in [0.717, 1.165) is 25.1 Å². The number of nitro benzene ring substituents is 1. The van der Waals surface area contributed by atoms with E-state index in [-0.39, 0.29) is 10.6 Å². The minimum Gasteiger partial charge on any atom is -0.493 e. The molecule has 1 atom stereocenters. The number of hydrogen-bond acceptors (Lipinski definition) is 4. The highest BCUT2D eigenvalue weighted by Gasteiger charge is 2.15. The lowest BCUT2D eigenvalue weighted by molar-refractivity contribution is -0.385. The predicted molar refractivity (Wildman–Crippen MR) is 80.4 cm³/mol. The summed E-state index contributed by atoms with van der Waals surface area (Å²) in [7, 11) is 0. The van der Waals surface area contributed by atoms with Crippen molar-refractivity contribution in [3.8, 4) is 5.75 Å². The molecule has 1 N–H and O–H groups in total. The Morgan fingerprint density at radius 2 is 2.05 bits per heavy atom. The zero-order valence-corrected chi connectivity index (χ0v) is 12.7. The summed E-state index contributed by atoms with van der Waals surface area (Å²) in [6, 6.07) is 3.32. The van der Waals surface area contributed by atoms with Gasteiger partial charge in [-0.25, -0.2) is 0 Å². The lowest BCUT2D eigenvalue weighted by atomic mass is 10.1. The second kappa shape index (κ2) is 7.85. The van der Waals surface area contributed by atoms with Gasteiger partial charge in [0.25, 0.3) is 5.69 Å². The molecule has 0 bridgehead atoms. The second-order valence-corrected chi connectivity index (χ2v) is 5.28. The zero-order valence-electron chi connectivity index (χ0n) is 12.7. The lowest BCUT2D eigenvalue weighted by Crippen LogP contribution is -2.25. The van der Waals surface area contributed by atoms with Crippen LogP contribution in [0.4, 0.5) is 5.69 Å². The summed E-state index contributed by atoms with van der Waals surface area (Å²) < 4.78 is 5.73. The maximum atomic E-state index is 10.9. The Labute approximate surface area is 120 Å². The van der Waals surface area contributed by atoms with Gasteiger partial charge in [0.2, 0.25) is 0 Å². The summed E-state index contributed by atoms with van der Waals surface area (Å²) in [6.45, 7) is 10.3. The molecular formula is C15H24N2O3. The van der Waals surface area contributed by atoms with E-state index in [0.29, 0.717) is 23.8 Å². The van der Waals surface area contributed by atoms with Crippen LogP contribution >= 0.6 is 0 Å². The van der Waals surface area contributed by atoms with Crippen molar-refractivity contribution in [2.75, 3.05) is 19.7 Å². The molecule has 0 heterocycles. The molecule has 0 aliphatic heterocycles. The average molecular weight is 280 g/mol. The first-order chi connectivity index (χ1) is 9.45. The number of ether oxygens (including phenoxy) is 1. The summed E-state index contributed by atoms with van der Waals surface area (Å²) in [5.41, 5.74) is 1.71. The maximum Gasteiger partial charge on any atom is 0.276 e. The lowest BCUT2D eigenvalue weighted by Gasteiger charge is -2.15. The van der Waals surface area contributed by atoms with Gasteiger partial charge >= 0.3 is 0 Å². The van der Waals surface area contributed by atoms with Gasteiger partial charge in [-0.05, 0) is 38.4 Å². The van der Waals surface area contributed by atoms with Crippen molar-refractivity contribution in [1.29, 1.82) is 0 Å². The van der Waals surface area contributed by atoms with Crippen LogP contribution in [0.3, 0.4) is 0 Å². The van der Waals surface area contributed by atoms with Crippen LogP contribution in [0.2, 0.25) is 0 Å². The minimum absolute atomic E-state index is 0.113. The van der Waals surface area contributed by atoms with Gasteiger partial charge in [0, 0.05) is 18.0 Å². The number of aryl methyl sites for hydroxylation is 2. The zero-order chi connectivity index (χ0) is 15.1. The molecule has 0 fully saturated rings. The highest BCUT2D eigenvalue weighted by Crippen LogP contribution is 2.28. The van der Waals surface area contributed by atoms with Crippen molar-refractivity contribution in [2.45, 2.75) is 34.1 Å². The topological polar surface area (TPSA) is 64.4 Å². The Morgan fingerprint density at radius 3 is 2.65 bits per heavy atom. The summed E-state index contributed by atoms with van der Waals surface area (Å²) in [5, 5.41) is 14.3. The maximum absolute atomic E-state index is 10.9. The minimum atomic E-state index is -0.367. The van der Waals surface area contributed by atoms with Crippen LogP contribution in [0.15, 0.2) is 12.1 Å². The van der Waals surface area contributed by atoms with Gasteiger partial charge in [-0.2, -0.15) is 0 Å². The molecule has 0 amide bonds. The number of nitrogens with one attached hydrogen (secondary N) is 1. The van der Waals surface area contributed by atoms with E-state index < -0.39 is 0 Å². The van der Waals surface area contributed by atoms with Crippen LogP contribution in [-0.4, -0.2) is 24.6 Å². The van der Waals surface area contributed by atoms with Gasteiger partial charge in [-0.3, -0.25) is 10.1 Å². The molecule has 0 saturated heterocycles. The molecule has 0 radical (unpaired) electrons. The average Bonchev–Trinajstić information content (AvgIpc) is 2.37. The van der Waals surface area contributed by atoms with Gasteiger partial charge in [-0.1, -0.05) is 13.8 Å². The molecule has 112 valence electrons. The molecule has 5 heteroatoms. The first kappa shape index (κ1) is 16.4. The third-order valence-corrected chi connectivity index (χ3v) is 3.13. The molecule has 0 spiro atoms. The van der Waals surface area contributed by atoms with Crippen LogP contribution in [0.25, 0.3) is 0 Å². The van der Waals surface area contributed by atoms with E-state index in [2.05, 4.69) is 19.2 Å². The number of hydrogen-bond donors (Lipinski definition) is 1. The van der Waals surface area contributed by atoms with Crippen molar-refractivity contribution in [3.05, 3.63) is 33.4 Å². The fraction of sp³-hybridized carbons (Fsp3) is 0.600. The molecule has 0 aliphatic carbocycles. The molecule has 0 aliphatic rings. The van der Waals surface area contributed by atoms with Crippen LogP contribution in [0.5, 0.6) is 5.75 Å². The normalized spacial score (nSPS) is 12.2. The third-order valence-electron chi connectivity index (χ3n) is 3.13. The van der Waals surface area contributed by atoms with E-state index in [1.54, 1.807) is 13.0 Å². The van der Waals surface area contributed by atoms with Crippen molar-refractivity contribution in [1.82, 2.24) is 5.32 Å². The van der Waals surface area contributed by atoms with Crippen molar-refractivity contribution >= 4 is 5.69 Å². The SMILES string of the molecule is CCCNCC(C)COc1cc([N+](=O)[O-])c(C)cc1C. The standard InChI is InChI=1S/C15H24N2O3/c1-5-6-16-9-11(2)10-20-15-8-14(17(18)19)12(3)7-13(15)4/h7-8,11,16H,5-6,9-10H2,1-4H3. The number of benzene rings is 1. The monoisotopic (exact) mass is 280 g/mol. The number of nitrogens with zero attached hydrogens (tertiary/aromatic N) is 1. The van der Waals surface area contributed by atoms with E-state index in [4.69, 9.17) is 4.74 Å². The van der Waals surface area contributed by atoms with Crippen LogP contribution in [0, 0.1) is 29.9 Å². The largest absolute Gasteiger partial charge is 0.493 e. The summed E-state index contributed by atoms with van der Waals surface area (Å²) in [6.07, 6.45) is 1.11. The Kier molecular flexibility index (Phi) is 6.45. The molecule has 0 aromatic heterocycles. The molecule has 1 unspecified atom stereocenters. The van der Waals surface area contributed by atoms with E-state index in [1.807, 2.05) is 6.92 Å². The molecule has 0 saturated carbocycles. The molecule has 1 aromatic rings. The highest BCUT2D eigenvalue weighted by molar-refractivity contribution is 5.49. The summed E-state index contributed by atoms with van der Waals surface area (Å²) in [4.78, 5) is 10.6. The molecular weight excluding hydrogens is 256 g/mol. The highest BCUT2D eigenvalue weighted by atomic mass is 16.6. The molecule has 5 nitrogen and oxygen atoms in total. The first-order valence-corrected chi connectivity index (χ1v) is 7.04. The Bertz CT molecular complexity index is 461. The van der Waals surface area contributed by atoms with Crippen LogP contribution in [0.1, 0.15) is 31.4 Å². The molecule has 1 aromatic carbocycles. The second-order valence-electron chi connectivity index (χ2n) is 5.28. The number of nitro groups is 1. The molecule has 20 heavy (non-hydrogen) atoms. The summed E-state index contributed by atoms with van der Waals surface area (Å²) in [5.74, 6) is 0.964. The Balaban J connectivity index is 2.63. The predicted octanol–water partition coefficient (Wildman–Crippen LogP) is 3.23. The smallest absolute Gasteiger partial charge is 0.276 e. The third kappa shape index (κ3) is 4.81. The number of rotatable bonds is 8. The van der Waals surface area contributed by atoms with E-state index in [1.165, 1.54) is 6.07 Å². The quantitative estimate of drug-likeness (QED) is 0.451. The van der Waals surface area contributed by atoms with Gasteiger partial charge in [-0.15, -0.1) is 0 Å². The Morgan fingerprint density at radius 1 is 1.35 bits per heavy atom. The van der Waals surface area contributed by atoms with Crippen LogP contribution < -0.4 is 10.1 Å². The van der Waals surface area contributed by atoms with Crippen molar-refractivity contribution in [2.24, 2.45) is 5.92 Å². The van der Waals surface area contributed by atoms with Crippen molar-refractivity contribution < 1.29 is 9.66 Å². The van der Waals surface area contributed by atoms with Gasteiger partial charge in [0.05, 0.1) is 17.6 Å². The van der Waals surface area contributed by atoms with Crippen LogP contribution in [-0.2, 0) is 0 Å². The van der Waals surface area contributed by atoms with Gasteiger partial charge in [0.15, 0.2) is 0 Å². The van der Waals surface area contributed by atoms with E-state index >= 15 is 0 Å². The van der Waals surface area contributed by atoms with E-state index in [9.17, 15) is 10.1 Å². The van der Waals surface area contributed by atoms with Gasteiger partial charge < -0.3 is 10.1 Å². The summed E-state index contributed by atoms with van der Waals surface area (Å²) >= 11 is 0. The fourth-order valence-corrected chi connectivity index (χ4v) is 1.99. The van der Waals surface area contributed by atoms with Crippen molar-refractivity contribution in [3.63, 3.8) is 0 Å². The fourth-order valence-electron chi connectivity index (χ4n) is 1.99.